The molecule has 168 valence electrons. The Morgan fingerprint density at radius 1 is 1.31 bits per heavy atom. The zero-order chi connectivity index (χ0) is 23.2. The molecule has 0 unspecified atom stereocenters. The van der Waals surface area contributed by atoms with Crippen molar-refractivity contribution in [3.63, 3.8) is 0 Å². The second kappa shape index (κ2) is 8.34. The Balaban J connectivity index is 1.65. The lowest BCUT2D eigenvalue weighted by molar-refractivity contribution is -0.386. The Morgan fingerprint density at radius 2 is 1.94 bits per heavy atom. The van der Waals surface area contributed by atoms with Gasteiger partial charge < -0.3 is 9.47 Å². The van der Waals surface area contributed by atoms with Gasteiger partial charge in [-0.05, 0) is 38.2 Å². The number of esters is 1. The number of allylic oxidation sites excluding steroid dienone is 2. The first-order valence-corrected chi connectivity index (χ1v) is 10.5. The van der Waals surface area contributed by atoms with Crippen molar-refractivity contribution in [2.45, 2.75) is 26.4 Å². The fourth-order valence-corrected chi connectivity index (χ4v) is 4.79. The van der Waals surface area contributed by atoms with E-state index in [0.717, 1.165) is 23.7 Å². The topological polar surface area (TPSA) is 128 Å². The first-order chi connectivity index (χ1) is 15.2. The van der Waals surface area contributed by atoms with Gasteiger partial charge in [0, 0.05) is 16.7 Å². The molecule has 1 heterocycles. The summed E-state index contributed by atoms with van der Waals surface area (Å²) in [6, 6.07) is 2.41. The van der Waals surface area contributed by atoms with Crippen molar-refractivity contribution in [3.05, 3.63) is 45.0 Å². The fourth-order valence-electron chi connectivity index (χ4n) is 4.56. The highest BCUT2D eigenvalue weighted by Crippen LogP contribution is 2.52. The van der Waals surface area contributed by atoms with E-state index >= 15 is 0 Å². The molecule has 2 amide bonds. The molecule has 2 aliphatic carbocycles. The molecule has 1 aromatic carbocycles. The van der Waals surface area contributed by atoms with Crippen LogP contribution in [0.2, 0.25) is 5.02 Å². The van der Waals surface area contributed by atoms with Crippen LogP contribution in [0.5, 0.6) is 5.75 Å². The van der Waals surface area contributed by atoms with Crippen molar-refractivity contribution in [2.75, 3.05) is 6.61 Å². The Hall–Kier alpha value is -3.27. The van der Waals surface area contributed by atoms with E-state index in [1.807, 2.05) is 12.2 Å². The summed E-state index contributed by atoms with van der Waals surface area (Å²) in [5.41, 5.74) is -0.451. The molecule has 2 fully saturated rings. The van der Waals surface area contributed by atoms with Crippen molar-refractivity contribution in [2.24, 2.45) is 28.8 Å². The maximum Gasteiger partial charge on any atom is 0.347 e. The Kier molecular flexibility index (Phi) is 5.72. The number of hydrogen-bond acceptors (Lipinski definition) is 8. The van der Waals surface area contributed by atoms with Crippen molar-refractivity contribution >= 4 is 41.3 Å². The van der Waals surface area contributed by atoms with Gasteiger partial charge in [-0.15, -0.1) is 0 Å². The average Bonchev–Trinajstić information content (AvgIpc) is 3.42. The number of benzene rings is 1. The Bertz CT molecular complexity index is 1040. The summed E-state index contributed by atoms with van der Waals surface area (Å²) in [7, 11) is 0. The van der Waals surface area contributed by atoms with Crippen molar-refractivity contribution in [1.82, 2.24) is 5.01 Å². The van der Waals surface area contributed by atoms with Crippen molar-refractivity contribution < 1.29 is 28.8 Å². The van der Waals surface area contributed by atoms with Crippen LogP contribution in [-0.2, 0) is 19.1 Å². The number of carbonyl (C=O) groups is 3. The van der Waals surface area contributed by atoms with E-state index in [1.54, 1.807) is 6.92 Å². The summed E-state index contributed by atoms with van der Waals surface area (Å²) in [5, 5.41) is 16.4. The lowest BCUT2D eigenvalue weighted by Gasteiger charge is -2.16. The number of imide groups is 1. The number of rotatable bonds is 7. The summed E-state index contributed by atoms with van der Waals surface area (Å²) < 4.78 is 10.4. The molecule has 5 atom stereocenters. The van der Waals surface area contributed by atoms with E-state index < -0.39 is 46.3 Å². The zero-order valence-corrected chi connectivity index (χ0v) is 18.0. The molecular formula is C21H20ClN3O7. The number of halogens is 1. The van der Waals surface area contributed by atoms with Gasteiger partial charge in [-0.25, -0.2) is 4.79 Å². The van der Waals surface area contributed by atoms with Crippen LogP contribution in [0.25, 0.3) is 0 Å². The number of nitro benzene ring substituents is 1. The first-order valence-electron chi connectivity index (χ1n) is 10.1. The molecule has 11 heteroatoms. The van der Waals surface area contributed by atoms with E-state index in [2.05, 4.69) is 5.10 Å². The number of nitro groups is 1. The second-order valence-corrected chi connectivity index (χ2v) is 8.28. The molecule has 1 saturated heterocycles. The molecule has 1 aliphatic heterocycles. The van der Waals surface area contributed by atoms with E-state index in [0.29, 0.717) is 0 Å². The number of fused-ring (bicyclic) bond motifs is 5. The van der Waals surface area contributed by atoms with Gasteiger partial charge in [0.1, 0.15) is 0 Å². The highest BCUT2D eigenvalue weighted by Gasteiger charge is 2.59. The average molecular weight is 462 g/mol. The number of carbonyl (C=O) groups excluding carboxylic acids is 3. The van der Waals surface area contributed by atoms with Crippen LogP contribution in [0.15, 0.2) is 29.4 Å². The SMILES string of the molecule is CCOC(=O)[C@@H](C)Oc1c(C=NN2C(=O)[C@@H]3[C@H](C2=O)[C@H]2C=C[C@H]3C2)cc(Cl)cc1[N+](=O)[O-]. The van der Waals surface area contributed by atoms with E-state index in [4.69, 9.17) is 21.1 Å². The maximum absolute atomic E-state index is 12.8. The van der Waals surface area contributed by atoms with Gasteiger partial charge in [-0.2, -0.15) is 10.1 Å². The lowest BCUT2D eigenvalue weighted by atomic mass is 9.85. The van der Waals surface area contributed by atoms with Crippen LogP contribution >= 0.6 is 11.6 Å². The lowest BCUT2D eigenvalue weighted by Crippen LogP contribution is -2.28. The van der Waals surface area contributed by atoms with Crippen LogP contribution in [0.4, 0.5) is 5.69 Å². The van der Waals surface area contributed by atoms with E-state index in [1.165, 1.54) is 13.0 Å². The van der Waals surface area contributed by atoms with Crippen LogP contribution < -0.4 is 4.74 Å². The predicted molar refractivity (Wildman–Crippen MR) is 112 cm³/mol. The summed E-state index contributed by atoms with van der Waals surface area (Å²) in [6.07, 6.45) is 4.67. The summed E-state index contributed by atoms with van der Waals surface area (Å²) in [4.78, 5) is 48.4. The molecule has 2 bridgehead atoms. The first kappa shape index (κ1) is 21.9. The largest absolute Gasteiger partial charge is 0.471 e. The van der Waals surface area contributed by atoms with Gasteiger partial charge in [0.25, 0.3) is 11.8 Å². The molecule has 4 rings (SSSR count). The monoisotopic (exact) mass is 461 g/mol. The summed E-state index contributed by atoms with van der Waals surface area (Å²) >= 11 is 6.02. The molecule has 32 heavy (non-hydrogen) atoms. The van der Waals surface area contributed by atoms with Gasteiger partial charge in [-0.1, -0.05) is 23.8 Å². The van der Waals surface area contributed by atoms with Gasteiger partial charge in [0.05, 0.1) is 29.6 Å². The highest BCUT2D eigenvalue weighted by atomic mass is 35.5. The highest BCUT2D eigenvalue weighted by molar-refractivity contribution is 6.31. The van der Waals surface area contributed by atoms with E-state index in [-0.39, 0.29) is 34.8 Å². The maximum atomic E-state index is 12.8. The smallest absolute Gasteiger partial charge is 0.347 e. The predicted octanol–water partition coefficient (Wildman–Crippen LogP) is 2.72. The molecule has 3 aliphatic rings. The molecule has 0 spiro atoms. The third-order valence-corrected chi connectivity index (χ3v) is 6.15. The number of ether oxygens (including phenoxy) is 2. The number of nitrogens with zero attached hydrogens (tertiary/aromatic N) is 3. The number of amides is 2. The number of hydrazone groups is 1. The van der Waals surface area contributed by atoms with Crippen LogP contribution in [0, 0.1) is 33.8 Å². The Labute approximate surface area is 187 Å². The summed E-state index contributed by atoms with van der Waals surface area (Å²) in [6.45, 7) is 3.12. The van der Waals surface area contributed by atoms with Crippen molar-refractivity contribution in [1.29, 1.82) is 0 Å². The minimum absolute atomic E-state index is 0.0208. The third-order valence-electron chi connectivity index (χ3n) is 5.93. The fraction of sp³-hybridized carbons (Fsp3) is 0.429. The molecule has 0 radical (unpaired) electrons. The molecular weight excluding hydrogens is 442 g/mol. The van der Waals surface area contributed by atoms with E-state index in [9.17, 15) is 24.5 Å². The Morgan fingerprint density at radius 3 is 2.50 bits per heavy atom. The molecule has 0 aromatic heterocycles. The molecule has 10 nitrogen and oxygen atoms in total. The van der Waals surface area contributed by atoms with Gasteiger partial charge in [-0.3, -0.25) is 19.7 Å². The molecule has 1 saturated carbocycles. The minimum atomic E-state index is -1.15. The number of hydrogen-bond donors (Lipinski definition) is 0. The quantitative estimate of drug-likeness (QED) is 0.152. The van der Waals surface area contributed by atoms with Gasteiger partial charge in [0.2, 0.25) is 5.75 Å². The van der Waals surface area contributed by atoms with Crippen LogP contribution in [-0.4, -0.2) is 46.6 Å². The van der Waals surface area contributed by atoms with Crippen LogP contribution in [0.1, 0.15) is 25.8 Å². The van der Waals surface area contributed by atoms with Crippen molar-refractivity contribution in [3.8, 4) is 5.75 Å². The molecule has 1 aromatic rings. The van der Waals surface area contributed by atoms with Gasteiger partial charge >= 0.3 is 11.7 Å². The minimum Gasteiger partial charge on any atom is -0.471 e. The third kappa shape index (κ3) is 3.64. The van der Waals surface area contributed by atoms with Gasteiger partial charge in [0.15, 0.2) is 6.10 Å². The molecule has 0 N–H and O–H groups in total. The van der Waals surface area contributed by atoms with Crippen LogP contribution in [0.3, 0.4) is 0 Å². The normalized spacial score (nSPS) is 26.7. The standard InChI is InChI=1S/C21H20ClN3O7/c1-3-31-21(28)10(2)32-18-13(7-14(22)8-15(18)25(29)30)9-23-24-19(26)16-11-4-5-12(6-11)17(16)20(24)27/h4-5,7-12,16-17H,3,6H2,1-2H3/t10-,11+,12+,16-,17+/m1/s1. The zero-order valence-electron chi connectivity index (χ0n) is 17.3. The second-order valence-electron chi connectivity index (χ2n) is 7.85. The summed E-state index contributed by atoms with van der Waals surface area (Å²) in [5.74, 6) is -2.58.